The lowest BCUT2D eigenvalue weighted by Gasteiger charge is -2.21. The lowest BCUT2D eigenvalue weighted by molar-refractivity contribution is 0.475. The van der Waals surface area contributed by atoms with Crippen LogP contribution in [0.5, 0.6) is 17.2 Å². The third kappa shape index (κ3) is 3.70. The number of nitriles is 1. The van der Waals surface area contributed by atoms with Crippen molar-refractivity contribution >= 4 is 0 Å². The Kier molecular flexibility index (Phi) is 4.69. The van der Waals surface area contributed by atoms with Gasteiger partial charge >= 0.3 is 0 Å². The molecule has 0 radical (unpaired) electrons. The summed E-state index contributed by atoms with van der Waals surface area (Å²) >= 11 is 0. The van der Waals surface area contributed by atoms with Gasteiger partial charge in [0.1, 0.15) is 23.3 Å². The summed E-state index contributed by atoms with van der Waals surface area (Å²) in [5, 5.41) is 19.0. The first kappa shape index (κ1) is 17.6. The Morgan fingerprint density at radius 2 is 1.42 bits per heavy atom. The SMILES string of the molecule is CC(C)(C)c1cccc(Oc2ccc(-c3ccc(O)cc3)cc2)c1C#N. The highest BCUT2D eigenvalue weighted by Crippen LogP contribution is 2.34. The van der Waals surface area contributed by atoms with E-state index in [9.17, 15) is 10.4 Å². The molecular formula is C23H21NO2. The molecule has 0 spiro atoms. The quantitative estimate of drug-likeness (QED) is 0.632. The largest absolute Gasteiger partial charge is 0.508 e. The van der Waals surface area contributed by atoms with Crippen molar-refractivity contribution in [2.75, 3.05) is 0 Å². The Hall–Kier alpha value is -3.25. The fourth-order valence-corrected chi connectivity index (χ4v) is 2.85. The molecule has 26 heavy (non-hydrogen) atoms. The van der Waals surface area contributed by atoms with E-state index in [0.29, 0.717) is 17.1 Å². The summed E-state index contributed by atoms with van der Waals surface area (Å²) in [6.45, 7) is 6.25. The van der Waals surface area contributed by atoms with E-state index in [2.05, 4.69) is 26.8 Å². The van der Waals surface area contributed by atoms with E-state index in [4.69, 9.17) is 4.74 Å². The van der Waals surface area contributed by atoms with Gasteiger partial charge in [-0.1, -0.05) is 57.2 Å². The average molecular weight is 343 g/mol. The first-order valence-electron chi connectivity index (χ1n) is 8.49. The Labute approximate surface area is 154 Å². The number of rotatable bonds is 3. The van der Waals surface area contributed by atoms with Gasteiger partial charge in [-0.3, -0.25) is 0 Å². The van der Waals surface area contributed by atoms with E-state index >= 15 is 0 Å². The molecule has 0 fully saturated rings. The second-order valence-electron chi connectivity index (χ2n) is 7.21. The molecule has 0 aliphatic heterocycles. The maximum atomic E-state index is 9.61. The number of phenols is 1. The number of ether oxygens (including phenoxy) is 1. The molecule has 3 aromatic carbocycles. The van der Waals surface area contributed by atoms with Crippen LogP contribution in [0.3, 0.4) is 0 Å². The number of aromatic hydroxyl groups is 1. The second kappa shape index (κ2) is 6.93. The zero-order valence-corrected chi connectivity index (χ0v) is 15.2. The van der Waals surface area contributed by atoms with Gasteiger partial charge in [-0.2, -0.15) is 5.26 Å². The van der Waals surface area contributed by atoms with Gasteiger partial charge in [0.15, 0.2) is 0 Å². The molecule has 3 nitrogen and oxygen atoms in total. The number of phenolic OH excluding ortho intramolecular Hbond substituents is 1. The summed E-state index contributed by atoms with van der Waals surface area (Å²) in [6.07, 6.45) is 0. The van der Waals surface area contributed by atoms with Gasteiger partial charge in [0.2, 0.25) is 0 Å². The highest BCUT2D eigenvalue weighted by Gasteiger charge is 2.21. The maximum Gasteiger partial charge on any atom is 0.145 e. The molecule has 3 heteroatoms. The highest BCUT2D eigenvalue weighted by atomic mass is 16.5. The Morgan fingerprint density at radius 3 is 1.96 bits per heavy atom. The van der Waals surface area contributed by atoms with Gasteiger partial charge in [-0.05, 0) is 52.4 Å². The molecule has 0 aromatic heterocycles. The molecule has 0 saturated heterocycles. The van der Waals surface area contributed by atoms with Crippen molar-refractivity contribution in [1.82, 2.24) is 0 Å². The molecule has 0 bridgehead atoms. The third-order valence-electron chi connectivity index (χ3n) is 4.23. The van der Waals surface area contributed by atoms with Crippen molar-refractivity contribution < 1.29 is 9.84 Å². The molecule has 0 aliphatic carbocycles. The summed E-state index contributed by atoms with van der Waals surface area (Å²) in [7, 11) is 0. The van der Waals surface area contributed by atoms with Gasteiger partial charge in [0.05, 0.1) is 5.56 Å². The Morgan fingerprint density at radius 1 is 0.846 bits per heavy atom. The molecule has 0 saturated carbocycles. The van der Waals surface area contributed by atoms with E-state index in [1.165, 1.54) is 0 Å². The van der Waals surface area contributed by atoms with Gasteiger partial charge in [0.25, 0.3) is 0 Å². The fraction of sp³-hybridized carbons (Fsp3) is 0.174. The second-order valence-corrected chi connectivity index (χ2v) is 7.21. The van der Waals surface area contributed by atoms with E-state index in [0.717, 1.165) is 16.7 Å². The van der Waals surface area contributed by atoms with Crippen LogP contribution in [0.2, 0.25) is 0 Å². The third-order valence-corrected chi connectivity index (χ3v) is 4.23. The topological polar surface area (TPSA) is 53.2 Å². The summed E-state index contributed by atoms with van der Waals surface area (Å²) in [6, 6.07) is 22.7. The van der Waals surface area contributed by atoms with E-state index in [-0.39, 0.29) is 11.2 Å². The monoisotopic (exact) mass is 343 g/mol. The minimum atomic E-state index is -0.132. The zero-order valence-electron chi connectivity index (χ0n) is 15.2. The van der Waals surface area contributed by atoms with Gasteiger partial charge in [-0.15, -0.1) is 0 Å². The smallest absolute Gasteiger partial charge is 0.145 e. The van der Waals surface area contributed by atoms with Crippen LogP contribution in [0.4, 0.5) is 0 Å². The maximum absolute atomic E-state index is 9.61. The lowest BCUT2D eigenvalue weighted by Crippen LogP contribution is -2.13. The number of hydrogen-bond acceptors (Lipinski definition) is 3. The van der Waals surface area contributed by atoms with Crippen LogP contribution in [-0.2, 0) is 5.41 Å². The minimum absolute atomic E-state index is 0.132. The van der Waals surface area contributed by atoms with E-state index in [1.54, 1.807) is 12.1 Å². The summed E-state index contributed by atoms with van der Waals surface area (Å²) in [5.74, 6) is 1.49. The van der Waals surface area contributed by atoms with E-state index < -0.39 is 0 Å². The molecule has 3 aromatic rings. The predicted molar refractivity (Wildman–Crippen MR) is 103 cm³/mol. The van der Waals surface area contributed by atoms with Crippen LogP contribution in [0.25, 0.3) is 11.1 Å². The average Bonchev–Trinajstić information content (AvgIpc) is 2.62. The number of hydrogen-bond donors (Lipinski definition) is 1. The van der Waals surface area contributed by atoms with Crippen molar-refractivity contribution in [2.45, 2.75) is 26.2 Å². The lowest BCUT2D eigenvalue weighted by atomic mass is 9.84. The summed E-state index contributed by atoms with van der Waals surface area (Å²) in [4.78, 5) is 0. The normalized spacial score (nSPS) is 11.0. The molecule has 1 N–H and O–H groups in total. The number of nitrogens with zero attached hydrogens (tertiary/aromatic N) is 1. The van der Waals surface area contributed by atoms with Crippen molar-refractivity contribution in [2.24, 2.45) is 0 Å². The first-order valence-corrected chi connectivity index (χ1v) is 8.49. The molecule has 0 unspecified atom stereocenters. The van der Waals surface area contributed by atoms with Crippen molar-refractivity contribution in [3.63, 3.8) is 0 Å². The van der Waals surface area contributed by atoms with Gasteiger partial charge < -0.3 is 9.84 Å². The Balaban J connectivity index is 1.88. The molecule has 130 valence electrons. The van der Waals surface area contributed by atoms with Crippen molar-refractivity contribution in [3.05, 3.63) is 77.9 Å². The molecule has 0 atom stereocenters. The van der Waals surface area contributed by atoms with Crippen LogP contribution in [0, 0.1) is 11.3 Å². The first-order chi connectivity index (χ1) is 12.4. The minimum Gasteiger partial charge on any atom is -0.508 e. The summed E-state index contributed by atoms with van der Waals surface area (Å²) in [5.41, 5.74) is 3.46. The zero-order chi connectivity index (χ0) is 18.7. The van der Waals surface area contributed by atoms with E-state index in [1.807, 2.05) is 54.6 Å². The van der Waals surface area contributed by atoms with Crippen molar-refractivity contribution in [1.29, 1.82) is 5.26 Å². The molecule has 0 aliphatic rings. The van der Waals surface area contributed by atoms with Crippen molar-refractivity contribution in [3.8, 4) is 34.4 Å². The van der Waals surface area contributed by atoms with Crippen LogP contribution >= 0.6 is 0 Å². The molecule has 3 rings (SSSR count). The standard InChI is InChI=1S/C23H21NO2/c1-23(2,3)21-5-4-6-22(20(21)15-24)26-19-13-9-17(10-14-19)16-7-11-18(25)12-8-16/h4-14,25H,1-3H3. The highest BCUT2D eigenvalue weighted by molar-refractivity contribution is 5.65. The number of benzene rings is 3. The fourth-order valence-electron chi connectivity index (χ4n) is 2.85. The molecule has 0 heterocycles. The van der Waals surface area contributed by atoms with Gasteiger partial charge in [-0.25, -0.2) is 0 Å². The van der Waals surface area contributed by atoms with Crippen LogP contribution in [-0.4, -0.2) is 5.11 Å². The molecular weight excluding hydrogens is 322 g/mol. The van der Waals surface area contributed by atoms with Crippen LogP contribution in [0.1, 0.15) is 31.9 Å². The Bertz CT molecular complexity index is 943. The van der Waals surface area contributed by atoms with Gasteiger partial charge in [0, 0.05) is 0 Å². The molecule has 0 amide bonds. The summed E-state index contributed by atoms with van der Waals surface area (Å²) < 4.78 is 5.98. The van der Waals surface area contributed by atoms with Crippen LogP contribution < -0.4 is 4.74 Å². The predicted octanol–water partition coefficient (Wildman–Crippen LogP) is 6.02. The van der Waals surface area contributed by atoms with Crippen LogP contribution in [0.15, 0.2) is 66.7 Å².